The van der Waals surface area contributed by atoms with Gasteiger partial charge in [-0.2, -0.15) is 10.2 Å². The van der Waals surface area contributed by atoms with Gasteiger partial charge in [-0.1, -0.05) is 28.4 Å². The average Bonchev–Trinajstić information content (AvgIpc) is 3.66. The molecule has 15 heteroatoms. The molecule has 1 atom stereocenters. The first kappa shape index (κ1) is 26.2. The second-order valence-corrected chi connectivity index (χ2v) is 10.0. The number of nitrogens with zero attached hydrogens (tertiary/aromatic N) is 9. The smallest absolute Gasteiger partial charge is 0.244 e. The van der Waals surface area contributed by atoms with Crippen LogP contribution < -0.4 is 10.4 Å². The third-order valence-corrected chi connectivity index (χ3v) is 6.72. The average molecular weight is 583 g/mol. The lowest BCUT2D eigenvalue weighted by molar-refractivity contribution is -0.279. The molecule has 1 amide bonds. The summed E-state index contributed by atoms with van der Waals surface area (Å²) in [6.07, 6.45) is 5.59. The zero-order chi connectivity index (χ0) is 27.8. The van der Waals surface area contributed by atoms with Crippen LogP contribution in [0.1, 0.15) is 5.69 Å². The van der Waals surface area contributed by atoms with E-state index >= 15 is 0 Å². The number of halogens is 2. The standard InChI is InChI=1S/C25H24Cl2N10O3/c1-33-8-7-19(30-33)11-23(25(38)28-18-4-5-20-16(9-18)12-34(2)31-20)37-15-39-36(14-40-37)22-10-17(26)3-6-21(22)35-13-24(27)29-32-35/h3-10,12-13,23H,11,14-15H2,1-2H3,(H,28,38)/t23-/m0/s1. The molecule has 1 aliphatic rings. The van der Waals surface area contributed by atoms with Crippen molar-refractivity contribution in [3.05, 3.63) is 76.9 Å². The molecule has 0 radical (unpaired) electrons. The van der Waals surface area contributed by atoms with Gasteiger partial charge in [0, 0.05) is 49.0 Å². The highest BCUT2D eigenvalue weighted by Gasteiger charge is 2.33. The molecule has 2 aromatic carbocycles. The van der Waals surface area contributed by atoms with Crippen LogP contribution in [0.3, 0.4) is 0 Å². The third-order valence-electron chi connectivity index (χ3n) is 6.31. The number of benzene rings is 2. The van der Waals surface area contributed by atoms with Crippen molar-refractivity contribution in [3.8, 4) is 5.69 Å². The molecular weight excluding hydrogens is 559 g/mol. The van der Waals surface area contributed by atoms with E-state index in [-0.39, 0.29) is 24.5 Å². The molecule has 1 aliphatic heterocycles. The van der Waals surface area contributed by atoms with Gasteiger partial charge < -0.3 is 5.32 Å². The Labute approximate surface area is 238 Å². The van der Waals surface area contributed by atoms with E-state index in [4.69, 9.17) is 32.9 Å². The maximum absolute atomic E-state index is 13.6. The van der Waals surface area contributed by atoms with Crippen molar-refractivity contribution >= 4 is 51.4 Å². The monoisotopic (exact) mass is 582 g/mol. The second-order valence-electron chi connectivity index (χ2n) is 9.20. The Bertz CT molecular complexity index is 1670. The molecule has 6 rings (SSSR count). The number of anilines is 2. The molecule has 4 heterocycles. The van der Waals surface area contributed by atoms with Crippen LogP contribution in [0.15, 0.2) is 61.1 Å². The molecule has 13 nitrogen and oxygen atoms in total. The fourth-order valence-electron chi connectivity index (χ4n) is 4.45. The summed E-state index contributed by atoms with van der Waals surface area (Å²) in [5, 5.41) is 24.4. The molecule has 1 saturated heterocycles. The number of hydrogen-bond donors (Lipinski definition) is 1. The highest BCUT2D eigenvalue weighted by atomic mass is 35.5. The zero-order valence-electron chi connectivity index (χ0n) is 21.5. The van der Waals surface area contributed by atoms with Gasteiger partial charge in [0.2, 0.25) is 5.91 Å². The first-order chi connectivity index (χ1) is 19.3. The van der Waals surface area contributed by atoms with E-state index in [9.17, 15) is 4.79 Å². The minimum atomic E-state index is -0.741. The molecular formula is C25H24Cl2N10O3. The van der Waals surface area contributed by atoms with Gasteiger partial charge in [-0.3, -0.25) is 23.8 Å². The summed E-state index contributed by atoms with van der Waals surface area (Å²) in [7, 11) is 3.68. The van der Waals surface area contributed by atoms with E-state index in [1.165, 1.54) is 14.8 Å². The van der Waals surface area contributed by atoms with Crippen molar-refractivity contribution < 1.29 is 14.5 Å². The van der Waals surface area contributed by atoms with E-state index in [1.807, 2.05) is 50.8 Å². The Morgan fingerprint density at radius 3 is 2.60 bits per heavy atom. The minimum Gasteiger partial charge on any atom is -0.325 e. The molecule has 0 unspecified atom stereocenters. The largest absolute Gasteiger partial charge is 0.325 e. The van der Waals surface area contributed by atoms with Gasteiger partial charge in [0.1, 0.15) is 6.04 Å². The van der Waals surface area contributed by atoms with Crippen LogP contribution in [0.4, 0.5) is 11.4 Å². The Kier molecular flexibility index (Phi) is 7.12. The number of hydroxylamine groups is 3. The Morgan fingerprint density at radius 1 is 1.00 bits per heavy atom. The number of fused-ring (bicyclic) bond motifs is 1. The van der Waals surface area contributed by atoms with Gasteiger partial charge in [-0.25, -0.2) is 9.75 Å². The van der Waals surface area contributed by atoms with E-state index in [1.54, 1.807) is 33.8 Å². The summed E-state index contributed by atoms with van der Waals surface area (Å²) in [5.74, 6) is -0.272. The highest BCUT2D eigenvalue weighted by Crippen LogP contribution is 2.30. The summed E-state index contributed by atoms with van der Waals surface area (Å²) in [6.45, 7) is -0.0694. The fourth-order valence-corrected chi connectivity index (χ4v) is 4.74. The Hall–Kier alpha value is -4.01. The molecule has 3 aromatic heterocycles. The summed E-state index contributed by atoms with van der Waals surface area (Å²) in [6, 6.07) is 11.9. The summed E-state index contributed by atoms with van der Waals surface area (Å²) in [5.41, 5.74) is 3.44. The van der Waals surface area contributed by atoms with Crippen LogP contribution >= 0.6 is 23.2 Å². The number of rotatable bonds is 7. The predicted octanol–water partition coefficient (Wildman–Crippen LogP) is 3.34. The highest BCUT2D eigenvalue weighted by molar-refractivity contribution is 6.31. The number of hydrogen-bond acceptors (Lipinski definition) is 9. The molecule has 0 aliphatic carbocycles. The molecule has 0 spiro atoms. The summed E-state index contributed by atoms with van der Waals surface area (Å²) < 4.78 is 4.93. The van der Waals surface area contributed by atoms with E-state index in [0.29, 0.717) is 28.5 Å². The lowest BCUT2D eigenvalue weighted by atomic mass is 10.1. The maximum Gasteiger partial charge on any atom is 0.244 e. The van der Waals surface area contributed by atoms with Crippen molar-refractivity contribution in [3.63, 3.8) is 0 Å². The molecule has 1 N–H and O–H groups in total. The Morgan fingerprint density at radius 2 is 1.88 bits per heavy atom. The van der Waals surface area contributed by atoms with Crippen LogP contribution in [-0.4, -0.2) is 65.0 Å². The van der Waals surface area contributed by atoms with Gasteiger partial charge in [0.25, 0.3) is 0 Å². The van der Waals surface area contributed by atoms with Crippen LogP contribution in [-0.2, 0) is 35.0 Å². The van der Waals surface area contributed by atoms with Crippen molar-refractivity contribution in [1.82, 2.24) is 39.6 Å². The van der Waals surface area contributed by atoms with E-state index in [0.717, 1.165) is 16.6 Å². The molecule has 0 saturated carbocycles. The molecule has 0 bridgehead atoms. The lowest BCUT2D eigenvalue weighted by Gasteiger charge is -2.38. The van der Waals surface area contributed by atoms with Crippen LogP contribution in [0.25, 0.3) is 16.6 Å². The van der Waals surface area contributed by atoms with Crippen molar-refractivity contribution in [2.45, 2.75) is 12.5 Å². The van der Waals surface area contributed by atoms with E-state index in [2.05, 4.69) is 25.8 Å². The molecule has 5 aromatic rings. The number of aryl methyl sites for hydroxylation is 2. The summed E-state index contributed by atoms with van der Waals surface area (Å²) >= 11 is 12.3. The van der Waals surface area contributed by atoms with E-state index < -0.39 is 6.04 Å². The van der Waals surface area contributed by atoms with Crippen molar-refractivity contribution in [1.29, 1.82) is 0 Å². The first-order valence-corrected chi connectivity index (χ1v) is 13.0. The number of nitrogens with one attached hydrogen (secondary N) is 1. The molecule has 40 heavy (non-hydrogen) atoms. The molecule has 206 valence electrons. The van der Waals surface area contributed by atoms with Gasteiger partial charge >= 0.3 is 0 Å². The topological polar surface area (TPSA) is 120 Å². The second kappa shape index (κ2) is 10.9. The maximum atomic E-state index is 13.6. The fraction of sp³-hybridized carbons (Fsp3) is 0.240. The van der Waals surface area contributed by atoms with Crippen LogP contribution in [0, 0.1) is 0 Å². The number of amides is 1. The van der Waals surface area contributed by atoms with Crippen molar-refractivity contribution in [2.75, 3.05) is 23.8 Å². The SMILES string of the molecule is Cn1ccc(C[C@@H](C(=O)Nc2ccc3nn(C)cc3c2)N2CON(c3cc(Cl)ccc3-n3cc(Cl)nn3)CO2)n1. The lowest BCUT2D eigenvalue weighted by Crippen LogP contribution is -2.52. The molecule has 1 fully saturated rings. The predicted molar refractivity (Wildman–Crippen MR) is 148 cm³/mol. The zero-order valence-corrected chi connectivity index (χ0v) is 23.0. The third kappa shape index (κ3) is 5.50. The number of carbonyl (C=O) groups excluding carboxylic acids is 1. The van der Waals surface area contributed by atoms with Gasteiger partial charge in [-0.15, -0.1) is 10.2 Å². The van der Waals surface area contributed by atoms with Gasteiger partial charge in [0.05, 0.1) is 28.8 Å². The first-order valence-electron chi connectivity index (χ1n) is 12.2. The minimum absolute atomic E-state index is 0.0244. The van der Waals surface area contributed by atoms with Gasteiger partial charge in [0.15, 0.2) is 18.6 Å². The Balaban J connectivity index is 1.21. The number of carbonyl (C=O) groups is 1. The van der Waals surface area contributed by atoms with Crippen LogP contribution in [0.2, 0.25) is 10.2 Å². The quantitative estimate of drug-likeness (QED) is 0.308. The van der Waals surface area contributed by atoms with Crippen LogP contribution in [0.5, 0.6) is 0 Å². The summed E-state index contributed by atoms with van der Waals surface area (Å²) in [4.78, 5) is 25.7. The van der Waals surface area contributed by atoms with Gasteiger partial charge in [-0.05, 0) is 42.5 Å². The number of aromatic nitrogens is 7. The van der Waals surface area contributed by atoms with Crippen molar-refractivity contribution in [2.24, 2.45) is 14.1 Å². The normalized spacial score (nSPS) is 15.1.